The Morgan fingerprint density at radius 3 is 2.23 bits per heavy atom. The van der Waals surface area contributed by atoms with Crippen molar-refractivity contribution < 1.29 is 9.59 Å². The molecule has 0 amide bonds. The molecule has 2 N–H and O–H groups in total. The van der Waals surface area contributed by atoms with Gasteiger partial charge in [0.1, 0.15) is 0 Å². The first kappa shape index (κ1) is 16.9. The van der Waals surface area contributed by atoms with E-state index in [9.17, 15) is 9.59 Å². The third-order valence-corrected chi connectivity index (χ3v) is 5.90. The van der Waals surface area contributed by atoms with Gasteiger partial charge < -0.3 is 5.73 Å². The molecule has 0 radical (unpaired) electrons. The number of benzene rings is 3. The van der Waals surface area contributed by atoms with Gasteiger partial charge in [0.2, 0.25) is 0 Å². The molecular formula is C21H14ClNO2S. The van der Waals surface area contributed by atoms with E-state index in [4.69, 9.17) is 17.3 Å². The Morgan fingerprint density at radius 2 is 1.50 bits per heavy atom. The van der Waals surface area contributed by atoms with Crippen LogP contribution in [0.5, 0.6) is 0 Å². The van der Waals surface area contributed by atoms with Crippen LogP contribution in [0.25, 0.3) is 0 Å². The molecule has 3 aromatic carbocycles. The van der Waals surface area contributed by atoms with E-state index in [1.165, 1.54) is 11.8 Å². The van der Waals surface area contributed by atoms with E-state index >= 15 is 0 Å². The van der Waals surface area contributed by atoms with Gasteiger partial charge in [-0.1, -0.05) is 47.6 Å². The highest BCUT2D eigenvalue weighted by Crippen LogP contribution is 2.39. The highest BCUT2D eigenvalue weighted by Gasteiger charge is 2.33. The van der Waals surface area contributed by atoms with Gasteiger partial charge in [0, 0.05) is 37.2 Å². The van der Waals surface area contributed by atoms with Gasteiger partial charge in [0.25, 0.3) is 0 Å². The fourth-order valence-electron chi connectivity index (χ4n) is 3.17. The fraction of sp³-hybridized carbons (Fsp3) is 0.0476. The predicted octanol–water partition coefficient (Wildman–Crippen LogP) is 5.16. The normalized spacial score (nSPS) is 12.7. The van der Waals surface area contributed by atoms with E-state index < -0.39 is 0 Å². The minimum absolute atomic E-state index is 0.170. The van der Waals surface area contributed by atoms with Crippen LogP contribution >= 0.6 is 23.4 Å². The number of ketones is 2. The number of rotatable bonds is 2. The molecule has 0 bridgehead atoms. The molecule has 0 unspecified atom stereocenters. The molecule has 0 atom stereocenters. The Balaban J connectivity index is 1.86. The third kappa shape index (κ3) is 2.62. The maximum atomic E-state index is 13.1. The minimum Gasteiger partial charge on any atom is -0.398 e. The van der Waals surface area contributed by atoms with E-state index in [1.54, 1.807) is 30.3 Å². The molecule has 4 rings (SSSR count). The second kappa shape index (κ2) is 6.31. The number of aryl methyl sites for hydroxylation is 1. The fourth-order valence-corrected chi connectivity index (χ4v) is 4.44. The summed E-state index contributed by atoms with van der Waals surface area (Å²) in [6, 6.07) is 15.9. The van der Waals surface area contributed by atoms with Crippen LogP contribution in [0, 0.1) is 6.92 Å². The molecule has 0 spiro atoms. The number of fused-ring (bicyclic) bond motifs is 2. The maximum Gasteiger partial charge on any atom is 0.196 e. The third-order valence-electron chi connectivity index (χ3n) is 4.42. The lowest BCUT2D eigenvalue weighted by Crippen LogP contribution is -2.23. The summed E-state index contributed by atoms with van der Waals surface area (Å²) in [5, 5.41) is 0.664. The first-order chi connectivity index (χ1) is 12.5. The van der Waals surface area contributed by atoms with Gasteiger partial charge in [-0.25, -0.2) is 0 Å². The van der Waals surface area contributed by atoms with Gasteiger partial charge in [-0.2, -0.15) is 0 Å². The Hall–Kier alpha value is -2.56. The Labute approximate surface area is 160 Å². The van der Waals surface area contributed by atoms with Gasteiger partial charge in [-0.3, -0.25) is 9.59 Å². The molecule has 5 heteroatoms. The zero-order chi connectivity index (χ0) is 18.4. The zero-order valence-corrected chi connectivity index (χ0v) is 15.4. The number of carbonyl (C=O) groups excluding carboxylic acids is 2. The molecule has 1 aliphatic carbocycles. The van der Waals surface area contributed by atoms with Gasteiger partial charge >= 0.3 is 0 Å². The summed E-state index contributed by atoms with van der Waals surface area (Å²) in [5.74, 6) is -0.375. The Bertz CT molecular complexity index is 1090. The standard InChI is InChI=1S/C21H14ClNO2S/c1-11-10-12(22)8-9-16(11)26-17-7-3-5-14-19(17)21(25)13-4-2-6-15(23)18(13)20(14)24/h2-10H,23H2,1H3. The average Bonchev–Trinajstić information content (AvgIpc) is 2.62. The number of nitrogens with two attached hydrogens (primary N) is 1. The largest absolute Gasteiger partial charge is 0.398 e. The van der Waals surface area contributed by atoms with Crippen molar-refractivity contribution in [2.75, 3.05) is 5.73 Å². The quantitative estimate of drug-likeness (QED) is 0.489. The van der Waals surface area contributed by atoms with Crippen LogP contribution in [0.2, 0.25) is 5.02 Å². The van der Waals surface area contributed by atoms with Gasteiger partial charge in [0.05, 0.1) is 5.56 Å². The summed E-state index contributed by atoms with van der Waals surface area (Å²) in [6.45, 7) is 1.96. The van der Waals surface area contributed by atoms with Crippen LogP contribution in [-0.2, 0) is 0 Å². The summed E-state index contributed by atoms with van der Waals surface area (Å²) in [5.41, 5.74) is 8.81. The molecule has 0 aromatic heterocycles. The first-order valence-electron chi connectivity index (χ1n) is 8.02. The number of hydrogen-bond acceptors (Lipinski definition) is 4. The van der Waals surface area contributed by atoms with Crippen LogP contribution < -0.4 is 5.73 Å². The molecular weight excluding hydrogens is 366 g/mol. The highest BCUT2D eigenvalue weighted by atomic mass is 35.5. The molecule has 0 saturated heterocycles. The topological polar surface area (TPSA) is 60.2 Å². The van der Waals surface area contributed by atoms with Crippen molar-refractivity contribution >= 4 is 40.6 Å². The van der Waals surface area contributed by atoms with Crippen molar-refractivity contribution in [3.8, 4) is 0 Å². The van der Waals surface area contributed by atoms with Crippen molar-refractivity contribution in [3.63, 3.8) is 0 Å². The van der Waals surface area contributed by atoms with Crippen molar-refractivity contribution in [3.05, 3.63) is 87.4 Å². The molecule has 0 saturated carbocycles. The van der Waals surface area contributed by atoms with Crippen LogP contribution in [0.15, 0.2) is 64.4 Å². The zero-order valence-electron chi connectivity index (χ0n) is 13.9. The SMILES string of the molecule is Cc1cc(Cl)ccc1Sc1cccc2c1C(=O)c1cccc(N)c1C2=O. The summed E-state index contributed by atoms with van der Waals surface area (Å²) in [4.78, 5) is 27.8. The first-order valence-corrected chi connectivity index (χ1v) is 9.21. The van der Waals surface area contributed by atoms with E-state index in [-0.39, 0.29) is 11.6 Å². The maximum absolute atomic E-state index is 13.1. The molecule has 26 heavy (non-hydrogen) atoms. The van der Waals surface area contributed by atoms with Crippen LogP contribution in [-0.4, -0.2) is 11.6 Å². The number of anilines is 1. The Morgan fingerprint density at radius 1 is 0.846 bits per heavy atom. The number of hydrogen-bond donors (Lipinski definition) is 1. The molecule has 128 valence electrons. The smallest absolute Gasteiger partial charge is 0.196 e. The van der Waals surface area contributed by atoms with Gasteiger partial charge in [0.15, 0.2) is 11.6 Å². The van der Waals surface area contributed by atoms with Crippen LogP contribution in [0.3, 0.4) is 0 Å². The second-order valence-electron chi connectivity index (χ2n) is 6.12. The second-order valence-corrected chi connectivity index (χ2v) is 7.64. The van der Waals surface area contributed by atoms with Crippen molar-refractivity contribution in [1.29, 1.82) is 0 Å². The monoisotopic (exact) mass is 379 g/mol. The van der Waals surface area contributed by atoms with Crippen molar-refractivity contribution in [1.82, 2.24) is 0 Å². The molecule has 0 fully saturated rings. The van der Waals surface area contributed by atoms with Crippen LogP contribution in [0.4, 0.5) is 5.69 Å². The number of halogens is 1. The molecule has 0 aliphatic heterocycles. The molecule has 1 aliphatic rings. The van der Waals surface area contributed by atoms with E-state index in [0.717, 1.165) is 15.4 Å². The van der Waals surface area contributed by atoms with E-state index in [1.807, 2.05) is 31.2 Å². The van der Waals surface area contributed by atoms with E-state index in [2.05, 4.69) is 0 Å². The molecule has 3 aromatic rings. The lowest BCUT2D eigenvalue weighted by molar-refractivity contribution is 0.0977. The van der Waals surface area contributed by atoms with Crippen molar-refractivity contribution in [2.45, 2.75) is 16.7 Å². The Kier molecular flexibility index (Phi) is 4.10. The molecule has 3 nitrogen and oxygen atoms in total. The van der Waals surface area contributed by atoms with Crippen LogP contribution in [0.1, 0.15) is 37.4 Å². The minimum atomic E-state index is -0.206. The highest BCUT2D eigenvalue weighted by molar-refractivity contribution is 7.99. The number of carbonyl (C=O) groups is 2. The summed E-state index contributed by atoms with van der Waals surface area (Å²) in [6.07, 6.45) is 0. The molecule has 0 heterocycles. The summed E-state index contributed by atoms with van der Waals surface area (Å²) in [7, 11) is 0. The van der Waals surface area contributed by atoms with E-state index in [0.29, 0.717) is 33.0 Å². The lowest BCUT2D eigenvalue weighted by Gasteiger charge is -2.21. The lowest BCUT2D eigenvalue weighted by atomic mass is 9.83. The van der Waals surface area contributed by atoms with Crippen molar-refractivity contribution in [2.24, 2.45) is 0 Å². The summed E-state index contributed by atoms with van der Waals surface area (Å²) >= 11 is 7.49. The predicted molar refractivity (Wildman–Crippen MR) is 104 cm³/mol. The van der Waals surface area contributed by atoms with Gasteiger partial charge in [-0.15, -0.1) is 0 Å². The average molecular weight is 380 g/mol. The number of nitrogen functional groups attached to an aromatic ring is 1. The van der Waals surface area contributed by atoms with Gasteiger partial charge in [-0.05, 0) is 42.8 Å². The summed E-state index contributed by atoms with van der Waals surface area (Å²) < 4.78 is 0.